The number of nitrogens with zero attached hydrogens (tertiary/aromatic N) is 5. The van der Waals surface area contributed by atoms with Crippen LogP contribution in [0.1, 0.15) is 36.0 Å². The molecule has 2 saturated heterocycles. The summed E-state index contributed by atoms with van der Waals surface area (Å²) in [7, 11) is 1.61. The average molecular weight is 749 g/mol. The minimum absolute atomic E-state index is 0.00202. The van der Waals surface area contributed by atoms with Gasteiger partial charge in [-0.3, -0.25) is 39.7 Å². The van der Waals surface area contributed by atoms with Gasteiger partial charge < -0.3 is 24.8 Å². The Kier molecular flexibility index (Phi) is 13.2. The summed E-state index contributed by atoms with van der Waals surface area (Å²) in [6.45, 7) is 1.33. The highest BCUT2D eigenvalue weighted by atomic mass is 32.2. The van der Waals surface area contributed by atoms with Crippen LogP contribution < -0.4 is 10.5 Å². The van der Waals surface area contributed by atoms with Crippen molar-refractivity contribution in [3.8, 4) is 5.75 Å². The number of amidine groups is 1. The fourth-order valence-corrected chi connectivity index (χ4v) is 7.21. The fourth-order valence-electron chi connectivity index (χ4n) is 6.00. The minimum atomic E-state index is -0.731. The number of methoxy groups -OCH3 is 1. The van der Waals surface area contributed by atoms with Crippen molar-refractivity contribution in [1.82, 2.24) is 9.80 Å². The summed E-state index contributed by atoms with van der Waals surface area (Å²) in [6.07, 6.45) is 0.250. The van der Waals surface area contributed by atoms with Crippen LogP contribution in [0.2, 0.25) is 0 Å². The summed E-state index contributed by atoms with van der Waals surface area (Å²) in [5, 5.41) is 21.8. The van der Waals surface area contributed by atoms with E-state index in [-0.39, 0.29) is 53.9 Å². The molecule has 17 heteroatoms. The van der Waals surface area contributed by atoms with Crippen molar-refractivity contribution < 1.29 is 38.4 Å². The number of nitrogens with two attached hydrogens (primary N) is 1. The van der Waals surface area contributed by atoms with Gasteiger partial charge in [0.25, 0.3) is 11.4 Å². The van der Waals surface area contributed by atoms with Crippen molar-refractivity contribution in [2.24, 2.45) is 16.6 Å². The number of rotatable bonds is 15. The molecule has 2 N–H and O–H groups in total. The van der Waals surface area contributed by atoms with E-state index in [1.54, 1.807) is 23.8 Å². The van der Waals surface area contributed by atoms with Gasteiger partial charge in [-0.25, -0.2) is 4.79 Å². The molecule has 0 aliphatic carbocycles. The highest BCUT2D eigenvalue weighted by molar-refractivity contribution is 7.99. The molecule has 0 radical (unpaired) electrons. The van der Waals surface area contributed by atoms with Gasteiger partial charge in [0.1, 0.15) is 37.3 Å². The van der Waals surface area contributed by atoms with Crippen LogP contribution in [-0.4, -0.2) is 88.0 Å². The molecule has 0 bridgehead atoms. The lowest BCUT2D eigenvalue weighted by atomic mass is 10.1. The average Bonchev–Trinajstić information content (AvgIpc) is 3.83. The molecule has 3 aromatic rings. The Bertz CT molecular complexity index is 1810. The smallest absolute Gasteiger partial charge is 0.410 e. The molecule has 280 valence electrons. The quantitative estimate of drug-likeness (QED) is 0.0726. The van der Waals surface area contributed by atoms with Crippen molar-refractivity contribution in [1.29, 1.82) is 0 Å². The number of amides is 2. The molecule has 0 spiro atoms. The molecule has 0 saturated carbocycles. The number of nitro groups is 2. The zero-order valence-corrected chi connectivity index (χ0v) is 29.9. The van der Waals surface area contributed by atoms with Crippen LogP contribution in [0.15, 0.2) is 77.8 Å². The van der Waals surface area contributed by atoms with Crippen molar-refractivity contribution >= 4 is 46.9 Å². The van der Waals surface area contributed by atoms with Gasteiger partial charge in [-0.2, -0.15) is 11.8 Å². The SMILES string of the molecule is COc1ccc(CS[C@H]2C[C@@H](C(=O)N3CC[C@@H](CN=C(N)CC(=O)OCc4ccc([N+](=O)[O-])cc4)C3)N(C(=O)OCc3ccc([N+](=O)[O-])cc3)C2)cc1. The number of thioether (sulfide) groups is 1. The standard InChI is InChI=1S/C36H40N6O10S/c1-50-30-12-6-26(7-13-30)23-53-31-16-32(40(20-31)36(45)52-22-25-4-10-29(11-5-25)42(48)49)35(44)39-15-14-27(19-39)18-38-33(37)17-34(43)51-21-24-2-8-28(9-3-24)41(46)47/h2-13,27,31-32H,14-23H2,1H3,(H2,37,38)/t27-,31-,32-/m0/s1. The van der Waals surface area contributed by atoms with Crippen molar-refractivity contribution in [2.45, 2.75) is 49.5 Å². The second-order valence-electron chi connectivity index (χ2n) is 12.7. The van der Waals surface area contributed by atoms with Crippen LogP contribution in [0.25, 0.3) is 0 Å². The van der Waals surface area contributed by atoms with E-state index < -0.39 is 28.0 Å². The van der Waals surface area contributed by atoms with Crippen LogP contribution in [0.3, 0.4) is 0 Å². The molecule has 2 fully saturated rings. The molecule has 0 aromatic heterocycles. The molecule has 2 amide bonds. The maximum absolute atomic E-state index is 13.9. The van der Waals surface area contributed by atoms with E-state index in [0.29, 0.717) is 55.9 Å². The van der Waals surface area contributed by atoms with Crippen molar-refractivity contribution in [3.63, 3.8) is 0 Å². The van der Waals surface area contributed by atoms with Gasteiger partial charge in [-0.05, 0) is 71.8 Å². The first-order valence-corrected chi connectivity index (χ1v) is 17.9. The van der Waals surface area contributed by atoms with Gasteiger partial charge >= 0.3 is 12.1 Å². The highest BCUT2D eigenvalue weighted by Crippen LogP contribution is 2.33. The van der Waals surface area contributed by atoms with E-state index in [9.17, 15) is 34.6 Å². The van der Waals surface area contributed by atoms with Crippen molar-refractivity contribution in [3.05, 3.63) is 110 Å². The van der Waals surface area contributed by atoms with Gasteiger partial charge in [-0.1, -0.05) is 12.1 Å². The number of non-ortho nitro benzene ring substituents is 2. The Labute approximate surface area is 309 Å². The molecule has 16 nitrogen and oxygen atoms in total. The lowest BCUT2D eigenvalue weighted by Gasteiger charge is -2.27. The number of likely N-dealkylation sites (tertiary alicyclic amines) is 2. The van der Waals surface area contributed by atoms with Gasteiger partial charge in [0.05, 0.1) is 17.0 Å². The summed E-state index contributed by atoms with van der Waals surface area (Å²) < 4.78 is 16.1. The van der Waals surface area contributed by atoms with E-state index in [1.165, 1.54) is 53.4 Å². The second-order valence-corrected chi connectivity index (χ2v) is 14.0. The molecule has 2 heterocycles. The van der Waals surface area contributed by atoms with Crippen molar-refractivity contribution in [2.75, 3.05) is 33.3 Å². The second kappa shape index (κ2) is 18.2. The zero-order chi connectivity index (χ0) is 37.9. The highest BCUT2D eigenvalue weighted by Gasteiger charge is 2.43. The maximum atomic E-state index is 13.9. The summed E-state index contributed by atoms with van der Waals surface area (Å²) in [5.41, 5.74) is 8.13. The van der Waals surface area contributed by atoms with Crippen LogP contribution in [-0.2, 0) is 38.0 Å². The molecule has 2 aliphatic heterocycles. The van der Waals surface area contributed by atoms with E-state index in [0.717, 1.165) is 11.3 Å². The Morgan fingerprint density at radius 1 is 0.868 bits per heavy atom. The van der Waals surface area contributed by atoms with Crippen LogP contribution in [0.5, 0.6) is 5.75 Å². The molecule has 53 heavy (non-hydrogen) atoms. The van der Waals surface area contributed by atoms with Gasteiger partial charge in [0.2, 0.25) is 5.91 Å². The third-order valence-corrected chi connectivity index (χ3v) is 10.3. The Morgan fingerprint density at radius 2 is 1.45 bits per heavy atom. The maximum Gasteiger partial charge on any atom is 0.410 e. The number of nitro benzene ring substituents is 2. The number of benzene rings is 3. The summed E-state index contributed by atoms with van der Waals surface area (Å²) in [4.78, 5) is 68.0. The number of ether oxygens (including phenoxy) is 3. The predicted molar refractivity (Wildman–Crippen MR) is 195 cm³/mol. The third-order valence-electron chi connectivity index (χ3n) is 8.96. The van der Waals surface area contributed by atoms with E-state index in [4.69, 9.17) is 19.9 Å². The van der Waals surface area contributed by atoms with Crippen LogP contribution >= 0.6 is 11.8 Å². The number of esters is 1. The first-order chi connectivity index (χ1) is 25.5. The predicted octanol–water partition coefficient (Wildman–Crippen LogP) is 4.86. The minimum Gasteiger partial charge on any atom is -0.497 e. The molecule has 0 unspecified atom stereocenters. The van der Waals surface area contributed by atoms with Gasteiger partial charge in [0, 0.05) is 61.4 Å². The Hall–Kier alpha value is -5.71. The largest absolute Gasteiger partial charge is 0.497 e. The van der Waals surface area contributed by atoms with Gasteiger partial charge in [0.15, 0.2) is 0 Å². The summed E-state index contributed by atoms with van der Waals surface area (Å²) in [6, 6.07) is 18.4. The zero-order valence-electron chi connectivity index (χ0n) is 29.0. The number of hydrogen-bond acceptors (Lipinski definition) is 12. The van der Waals surface area contributed by atoms with E-state index in [1.807, 2.05) is 24.3 Å². The summed E-state index contributed by atoms with van der Waals surface area (Å²) in [5.74, 6) is 0.754. The molecular formula is C36H40N6O10S. The molecule has 5 rings (SSSR count). The van der Waals surface area contributed by atoms with Gasteiger partial charge in [-0.15, -0.1) is 0 Å². The third kappa shape index (κ3) is 10.9. The van der Waals surface area contributed by atoms with Crippen LogP contribution in [0.4, 0.5) is 16.2 Å². The fraction of sp³-hybridized carbons (Fsp3) is 0.389. The molecule has 2 aliphatic rings. The first kappa shape index (κ1) is 38.5. The molecule has 3 atom stereocenters. The number of carbonyl (C=O) groups excluding carboxylic acids is 3. The molecular weight excluding hydrogens is 708 g/mol. The number of aliphatic imine (C=N–C) groups is 1. The normalized spacial score (nSPS) is 18.4. The number of hydrogen-bond donors (Lipinski definition) is 1. The lowest BCUT2D eigenvalue weighted by molar-refractivity contribution is -0.385. The molecule has 3 aromatic carbocycles. The Balaban J connectivity index is 1.14. The van der Waals surface area contributed by atoms with E-state index >= 15 is 0 Å². The topological polar surface area (TPSA) is 210 Å². The summed E-state index contributed by atoms with van der Waals surface area (Å²) >= 11 is 1.66. The lowest BCUT2D eigenvalue weighted by Crippen LogP contribution is -2.47. The first-order valence-electron chi connectivity index (χ1n) is 16.9. The number of carbonyl (C=O) groups is 3. The Morgan fingerprint density at radius 3 is 2.04 bits per heavy atom. The van der Waals surface area contributed by atoms with E-state index in [2.05, 4.69) is 4.99 Å². The van der Waals surface area contributed by atoms with Crippen LogP contribution in [0, 0.1) is 26.1 Å². The monoisotopic (exact) mass is 748 g/mol.